The van der Waals surface area contributed by atoms with Gasteiger partial charge in [-0.25, -0.2) is 9.18 Å². The van der Waals surface area contributed by atoms with Crippen LogP contribution in [0.1, 0.15) is 20.8 Å². The summed E-state index contributed by atoms with van der Waals surface area (Å²) in [5.41, 5.74) is -0.281. The fraction of sp³-hybridized carbons (Fsp3) is 0.462. The lowest BCUT2D eigenvalue weighted by atomic mass is 10.2. The van der Waals surface area contributed by atoms with Gasteiger partial charge in [0.1, 0.15) is 11.4 Å². The lowest BCUT2D eigenvalue weighted by molar-refractivity contribution is 0.0573. The number of hydrogen-bond acceptors (Lipinski definition) is 3. The minimum Gasteiger partial charge on any atom is -0.443 e. The Bertz CT molecular complexity index is 415. The van der Waals surface area contributed by atoms with Crippen LogP contribution in [0.2, 0.25) is 0 Å². The molecule has 0 spiro atoms. The molecule has 0 radical (unpaired) electrons. The van der Waals surface area contributed by atoms with E-state index in [2.05, 4.69) is 0 Å². The molecule has 0 bridgehead atoms. The molecule has 0 saturated carbocycles. The van der Waals surface area contributed by atoms with Crippen molar-refractivity contribution in [1.29, 1.82) is 0 Å². The zero-order valence-electron chi connectivity index (χ0n) is 10.8. The number of benzene rings is 1. The van der Waals surface area contributed by atoms with Crippen LogP contribution in [0.3, 0.4) is 0 Å². The number of carbonyl (C=O) groups is 1. The number of rotatable bonds is 3. The second kappa shape index (κ2) is 5.82. The summed E-state index contributed by atoms with van der Waals surface area (Å²) in [6.07, 6.45) is -0.609. The Labute approximate surface area is 106 Å². The summed E-state index contributed by atoms with van der Waals surface area (Å²) in [6.45, 7) is 5.06. The molecular weight excluding hydrogens is 237 g/mol. The van der Waals surface area contributed by atoms with Gasteiger partial charge in [-0.3, -0.25) is 4.90 Å². The van der Waals surface area contributed by atoms with Gasteiger partial charge < -0.3 is 9.84 Å². The summed E-state index contributed by atoms with van der Waals surface area (Å²) in [4.78, 5) is 13.1. The molecule has 0 aromatic heterocycles. The van der Waals surface area contributed by atoms with E-state index in [9.17, 15) is 9.18 Å². The van der Waals surface area contributed by atoms with Gasteiger partial charge in [-0.05, 0) is 39.0 Å². The SMILES string of the molecule is CC(C)(C)OC(=O)N(CCO)c1cccc(F)c1. The van der Waals surface area contributed by atoms with E-state index in [0.717, 1.165) is 0 Å². The number of aliphatic hydroxyl groups is 1. The second-order valence-corrected chi connectivity index (χ2v) is 4.84. The van der Waals surface area contributed by atoms with Crippen molar-refractivity contribution in [3.63, 3.8) is 0 Å². The monoisotopic (exact) mass is 255 g/mol. The molecule has 1 N–H and O–H groups in total. The number of carbonyl (C=O) groups excluding carboxylic acids is 1. The second-order valence-electron chi connectivity index (χ2n) is 4.84. The van der Waals surface area contributed by atoms with Gasteiger partial charge in [0.25, 0.3) is 0 Å². The first-order valence-electron chi connectivity index (χ1n) is 5.70. The van der Waals surface area contributed by atoms with Crippen molar-refractivity contribution in [3.8, 4) is 0 Å². The number of ether oxygens (including phenoxy) is 1. The molecule has 4 nitrogen and oxygen atoms in total. The highest BCUT2D eigenvalue weighted by atomic mass is 19.1. The molecule has 1 amide bonds. The number of amides is 1. The fourth-order valence-corrected chi connectivity index (χ4v) is 1.39. The van der Waals surface area contributed by atoms with Gasteiger partial charge in [-0.1, -0.05) is 6.07 Å². The summed E-state index contributed by atoms with van der Waals surface area (Å²) in [5, 5.41) is 8.97. The van der Waals surface area contributed by atoms with E-state index in [1.807, 2.05) is 0 Å². The summed E-state index contributed by atoms with van der Waals surface area (Å²) in [5.74, 6) is -0.445. The predicted octanol–water partition coefficient (Wildman–Crippen LogP) is 2.56. The molecule has 18 heavy (non-hydrogen) atoms. The van der Waals surface area contributed by atoms with Gasteiger partial charge in [-0.2, -0.15) is 0 Å². The molecule has 0 aliphatic carbocycles. The zero-order chi connectivity index (χ0) is 13.8. The highest BCUT2D eigenvalue weighted by Crippen LogP contribution is 2.18. The van der Waals surface area contributed by atoms with E-state index in [4.69, 9.17) is 9.84 Å². The topological polar surface area (TPSA) is 49.8 Å². The highest BCUT2D eigenvalue weighted by molar-refractivity contribution is 5.87. The van der Waals surface area contributed by atoms with Crippen molar-refractivity contribution < 1.29 is 19.0 Å². The van der Waals surface area contributed by atoms with Crippen LogP contribution in [-0.2, 0) is 4.74 Å². The Morgan fingerprint density at radius 2 is 2.11 bits per heavy atom. The Hall–Kier alpha value is -1.62. The number of aliphatic hydroxyl groups excluding tert-OH is 1. The van der Waals surface area contributed by atoms with Gasteiger partial charge in [0.05, 0.1) is 18.8 Å². The number of halogens is 1. The summed E-state index contributed by atoms with van der Waals surface area (Å²) in [7, 11) is 0. The number of nitrogens with zero attached hydrogens (tertiary/aromatic N) is 1. The first-order chi connectivity index (χ1) is 8.33. The molecule has 0 fully saturated rings. The van der Waals surface area contributed by atoms with Gasteiger partial charge >= 0.3 is 6.09 Å². The molecule has 1 rings (SSSR count). The molecule has 0 aliphatic rings. The van der Waals surface area contributed by atoms with E-state index in [1.54, 1.807) is 26.8 Å². The average Bonchev–Trinajstić information content (AvgIpc) is 2.23. The van der Waals surface area contributed by atoms with Crippen LogP contribution in [0.15, 0.2) is 24.3 Å². The molecule has 5 heteroatoms. The first-order valence-corrected chi connectivity index (χ1v) is 5.70. The van der Waals surface area contributed by atoms with E-state index in [0.29, 0.717) is 5.69 Å². The molecule has 100 valence electrons. The number of hydrogen-bond donors (Lipinski definition) is 1. The molecule has 0 unspecified atom stereocenters. The summed E-state index contributed by atoms with van der Waals surface area (Å²) >= 11 is 0. The maximum atomic E-state index is 13.1. The van der Waals surface area contributed by atoms with Crippen molar-refractivity contribution in [3.05, 3.63) is 30.1 Å². The lowest BCUT2D eigenvalue weighted by Crippen LogP contribution is -2.38. The van der Waals surface area contributed by atoms with Crippen molar-refractivity contribution >= 4 is 11.8 Å². The van der Waals surface area contributed by atoms with E-state index >= 15 is 0 Å². The quantitative estimate of drug-likeness (QED) is 0.903. The predicted molar refractivity (Wildman–Crippen MR) is 67.1 cm³/mol. The van der Waals surface area contributed by atoms with Crippen molar-refractivity contribution in [2.24, 2.45) is 0 Å². The maximum absolute atomic E-state index is 13.1. The zero-order valence-corrected chi connectivity index (χ0v) is 10.8. The van der Waals surface area contributed by atoms with Gasteiger partial charge in [0, 0.05) is 0 Å². The van der Waals surface area contributed by atoms with Crippen LogP contribution < -0.4 is 4.90 Å². The van der Waals surface area contributed by atoms with Crippen LogP contribution in [-0.4, -0.2) is 30.0 Å². The minimum absolute atomic E-state index is 0.0539. The molecule has 1 aromatic rings. The van der Waals surface area contributed by atoms with Crippen LogP contribution in [0, 0.1) is 5.82 Å². The molecule has 0 saturated heterocycles. The molecular formula is C13H18FNO3. The Morgan fingerprint density at radius 3 is 2.61 bits per heavy atom. The van der Waals surface area contributed by atoms with E-state index in [1.165, 1.54) is 23.1 Å². The normalized spacial score (nSPS) is 11.2. The average molecular weight is 255 g/mol. The largest absolute Gasteiger partial charge is 0.443 e. The maximum Gasteiger partial charge on any atom is 0.414 e. The Morgan fingerprint density at radius 1 is 1.44 bits per heavy atom. The van der Waals surface area contributed by atoms with Crippen molar-refractivity contribution in [2.75, 3.05) is 18.1 Å². The summed E-state index contributed by atoms with van der Waals surface area (Å²) in [6, 6.07) is 5.59. The molecule has 1 aromatic carbocycles. The Balaban J connectivity index is 2.92. The fourth-order valence-electron chi connectivity index (χ4n) is 1.39. The van der Waals surface area contributed by atoms with Gasteiger partial charge in [0.15, 0.2) is 0 Å². The smallest absolute Gasteiger partial charge is 0.414 e. The molecule has 0 heterocycles. The standard InChI is InChI=1S/C13H18FNO3/c1-13(2,3)18-12(17)15(7-8-16)11-6-4-5-10(14)9-11/h4-6,9,16H,7-8H2,1-3H3. The Kier molecular flexibility index (Phi) is 4.67. The third-order valence-corrected chi connectivity index (χ3v) is 2.06. The van der Waals surface area contributed by atoms with Gasteiger partial charge in [0.2, 0.25) is 0 Å². The molecule has 0 aliphatic heterocycles. The van der Waals surface area contributed by atoms with Gasteiger partial charge in [-0.15, -0.1) is 0 Å². The number of anilines is 1. The van der Waals surface area contributed by atoms with Crippen molar-refractivity contribution in [1.82, 2.24) is 0 Å². The van der Waals surface area contributed by atoms with Crippen LogP contribution >= 0.6 is 0 Å². The first kappa shape index (κ1) is 14.4. The highest BCUT2D eigenvalue weighted by Gasteiger charge is 2.23. The summed E-state index contributed by atoms with van der Waals surface area (Å²) < 4.78 is 18.3. The van der Waals surface area contributed by atoms with Crippen LogP contribution in [0.25, 0.3) is 0 Å². The third-order valence-electron chi connectivity index (χ3n) is 2.06. The lowest BCUT2D eigenvalue weighted by Gasteiger charge is -2.27. The third kappa shape index (κ3) is 4.33. The van der Waals surface area contributed by atoms with E-state index < -0.39 is 17.5 Å². The van der Waals surface area contributed by atoms with E-state index in [-0.39, 0.29) is 13.2 Å². The minimum atomic E-state index is -0.641. The van der Waals surface area contributed by atoms with Crippen LogP contribution in [0.5, 0.6) is 0 Å². The van der Waals surface area contributed by atoms with Crippen LogP contribution in [0.4, 0.5) is 14.9 Å². The van der Waals surface area contributed by atoms with Crippen molar-refractivity contribution in [2.45, 2.75) is 26.4 Å². The molecule has 0 atom stereocenters.